The molecule has 0 N–H and O–H groups in total. The number of hydrogen-bond donors (Lipinski definition) is 0. The minimum Gasteiger partial charge on any atom is -0.253 e. The molecule has 0 radical (unpaired) electrons. The van der Waals surface area contributed by atoms with Crippen LogP contribution in [0.1, 0.15) is 11.3 Å². The van der Waals surface area contributed by atoms with Crippen molar-refractivity contribution in [3.05, 3.63) is 52.0 Å². The van der Waals surface area contributed by atoms with Gasteiger partial charge in [0, 0.05) is 16.0 Å². The van der Waals surface area contributed by atoms with E-state index in [0.717, 1.165) is 22.2 Å². The van der Waals surface area contributed by atoms with E-state index >= 15 is 0 Å². The quantitative estimate of drug-likeness (QED) is 0.414. The molecule has 0 spiro atoms. The van der Waals surface area contributed by atoms with E-state index in [2.05, 4.69) is 15.0 Å². The summed E-state index contributed by atoms with van der Waals surface area (Å²) in [6.45, 7) is 2.29. The summed E-state index contributed by atoms with van der Waals surface area (Å²) in [7, 11) is 0. The van der Waals surface area contributed by atoms with Gasteiger partial charge in [-0.25, -0.2) is 0 Å². The number of para-hydroxylation sites is 1. The zero-order valence-corrected chi connectivity index (χ0v) is 8.38. The molecular weight excluding hydrogens is 188 g/mol. The van der Waals surface area contributed by atoms with Gasteiger partial charge in [-0.05, 0) is 30.2 Å². The van der Waals surface area contributed by atoms with Crippen LogP contribution in [0.5, 0.6) is 0 Å². The SMILES string of the molecule is Cc1nc2ccccc2cc1CN=[N+]=[N-]. The van der Waals surface area contributed by atoms with Gasteiger partial charge in [0.15, 0.2) is 0 Å². The molecule has 4 nitrogen and oxygen atoms in total. The molecule has 1 heterocycles. The van der Waals surface area contributed by atoms with E-state index in [1.54, 1.807) is 0 Å². The topological polar surface area (TPSA) is 61.7 Å². The maximum absolute atomic E-state index is 8.27. The van der Waals surface area contributed by atoms with Crippen molar-refractivity contribution < 1.29 is 0 Å². The van der Waals surface area contributed by atoms with Gasteiger partial charge in [0.05, 0.1) is 12.1 Å². The second-order valence-corrected chi connectivity index (χ2v) is 3.31. The first-order valence-electron chi connectivity index (χ1n) is 4.67. The summed E-state index contributed by atoms with van der Waals surface area (Å²) in [6.07, 6.45) is 0. The molecule has 2 aromatic rings. The van der Waals surface area contributed by atoms with Crippen LogP contribution in [0, 0.1) is 6.92 Å². The molecule has 0 saturated heterocycles. The molecule has 15 heavy (non-hydrogen) atoms. The number of aromatic nitrogens is 1. The first-order chi connectivity index (χ1) is 7.31. The number of hydrogen-bond acceptors (Lipinski definition) is 2. The smallest absolute Gasteiger partial charge is 0.0705 e. The largest absolute Gasteiger partial charge is 0.253 e. The van der Waals surface area contributed by atoms with Crippen LogP contribution < -0.4 is 0 Å². The molecule has 0 fully saturated rings. The van der Waals surface area contributed by atoms with E-state index in [-0.39, 0.29) is 0 Å². The number of azide groups is 1. The highest BCUT2D eigenvalue weighted by atomic mass is 15.1. The number of nitrogens with zero attached hydrogens (tertiary/aromatic N) is 4. The lowest BCUT2D eigenvalue weighted by atomic mass is 10.1. The van der Waals surface area contributed by atoms with Gasteiger partial charge in [0.25, 0.3) is 0 Å². The molecule has 0 aliphatic carbocycles. The van der Waals surface area contributed by atoms with Crippen molar-refractivity contribution >= 4 is 10.9 Å². The number of aryl methyl sites for hydroxylation is 1. The molecule has 74 valence electrons. The van der Waals surface area contributed by atoms with Crippen LogP contribution in [-0.2, 0) is 6.54 Å². The van der Waals surface area contributed by atoms with Gasteiger partial charge < -0.3 is 0 Å². The van der Waals surface area contributed by atoms with Crippen LogP contribution in [0.25, 0.3) is 21.3 Å². The van der Waals surface area contributed by atoms with Crippen LogP contribution >= 0.6 is 0 Å². The van der Waals surface area contributed by atoms with Crippen LogP contribution in [0.2, 0.25) is 0 Å². The average Bonchev–Trinajstić information content (AvgIpc) is 2.26. The van der Waals surface area contributed by atoms with Gasteiger partial charge in [-0.2, -0.15) is 0 Å². The Balaban J connectivity index is 2.56. The lowest BCUT2D eigenvalue weighted by molar-refractivity contribution is 1.01. The first kappa shape index (κ1) is 9.49. The summed E-state index contributed by atoms with van der Waals surface area (Å²) >= 11 is 0. The van der Waals surface area contributed by atoms with Crippen LogP contribution in [0.3, 0.4) is 0 Å². The highest BCUT2D eigenvalue weighted by Gasteiger charge is 2.01. The molecular formula is C11H10N4. The van der Waals surface area contributed by atoms with Gasteiger partial charge in [-0.3, -0.25) is 4.98 Å². The average molecular weight is 198 g/mol. The third kappa shape index (κ3) is 1.90. The summed E-state index contributed by atoms with van der Waals surface area (Å²) < 4.78 is 0. The molecule has 1 aromatic heterocycles. The molecule has 0 saturated carbocycles. The molecule has 1 aromatic carbocycles. The van der Waals surface area contributed by atoms with E-state index in [1.165, 1.54) is 0 Å². The van der Waals surface area contributed by atoms with Gasteiger partial charge in [0.1, 0.15) is 0 Å². The zero-order valence-electron chi connectivity index (χ0n) is 8.38. The Morgan fingerprint density at radius 3 is 3.00 bits per heavy atom. The Morgan fingerprint density at radius 2 is 2.20 bits per heavy atom. The molecule has 4 heteroatoms. The van der Waals surface area contributed by atoms with Crippen molar-refractivity contribution in [1.29, 1.82) is 0 Å². The van der Waals surface area contributed by atoms with E-state index < -0.39 is 0 Å². The fourth-order valence-corrected chi connectivity index (χ4v) is 1.52. The maximum atomic E-state index is 8.27. The van der Waals surface area contributed by atoms with E-state index in [9.17, 15) is 0 Å². The third-order valence-electron chi connectivity index (χ3n) is 2.32. The second-order valence-electron chi connectivity index (χ2n) is 3.31. The predicted molar refractivity (Wildman–Crippen MR) is 59.3 cm³/mol. The summed E-state index contributed by atoms with van der Waals surface area (Å²) in [4.78, 5) is 7.19. The fourth-order valence-electron chi connectivity index (χ4n) is 1.52. The lowest BCUT2D eigenvalue weighted by Gasteiger charge is -2.04. The minimum absolute atomic E-state index is 0.361. The molecule has 0 atom stereocenters. The van der Waals surface area contributed by atoms with Crippen molar-refractivity contribution in [3.8, 4) is 0 Å². The third-order valence-corrected chi connectivity index (χ3v) is 2.32. The van der Waals surface area contributed by atoms with Crippen molar-refractivity contribution in [1.82, 2.24) is 4.98 Å². The summed E-state index contributed by atoms with van der Waals surface area (Å²) in [6, 6.07) is 9.92. The Kier molecular flexibility index (Phi) is 2.52. The number of pyridine rings is 1. The molecule has 0 aliphatic rings. The molecule has 2 rings (SSSR count). The molecule has 0 bridgehead atoms. The highest BCUT2D eigenvalue weighted by Crippen LogP contribution is 2.16. The van der Waals surface area contributed by atoms with E-state index in [0.29, 0.717) is 6.54 Å². The molecule has 0 unspecified atom stereocenters. The standard InChI is InChI=1S/C11H10N4/c1-8-10(7-13-15-12)6-9-4-2-3-5-11(9)14-8/h2-6H,7H2,1H3. The van der Waals surface area contributed by atoms with Gasteiger partial charge in [-0.1, -0.05) is 23.3 Å². The number of fused-ring (bicyclic) bond motifs is 1. The number of benzene rings is 1. The Hall–Kier alpha value is -2.06. The summed E-state index contributed by atoms with van der Waals surface area (Å²) in [5.74, 6) is 0. The van der Waals surface area contributed by atoms with Crippen LogP contribution in [0.15, 0.2) is 35.4 Å². The highest BCUT2D eigenvalue weighted by molar-refractivity contribution is 5.79. The van der Waals surface area contributed by atoms with Crippen molar-refractivity contribution in [2.24, 2.45) is 5.11 Å². The number of rotatable bonds is 2. The fraction of sp³-hybridized carbons (Fsp3) is 0.182. The van der Waals surface area contributed by atoms with E-state index in [4.69, 9.17) is 5.53 Å². The summed E-state index contributed by atoms with van der Waals surface area (Å²) in [5.41, 5.74) is 11.1. The monoisotopic (exact) mass is 198 g/mol. The van der Waals surface area contributed by atoms with Crippen molar-refractivity contribution in [3.63, 3.8) is 0 Å². The van der Waals surface area contributed by atoms with Gasteiger partial charge >= 0.3 is 0 Å². The van der Waals surface area contributed by atoms with Crippen LogP contribution in [0.4, 0.5) is 0 Å². The lowest BCUT2D eigenvalue weighted by Crippen LogP contribution is -1.91. The van der Waals surface area contributed by atoms with Crippen molar-refractivity contribution in [2.45, 2.75) is 13.5 Å². The van der Waals surface area contributed by atoms with Gasteiger partial charge in [-0.15, -0.1) is 0 Å². The minimum atomic E-state index is 0.361. The van der Waals surface area contributed by atoms with E-state index in [1.807, 2.05) is 37.3 Å². The maximum Gasteiger partial charge on any atom is 0.0705 e. The Bertz CT molecular complexity index is 541. The first-order valence-corrected chi connectivity index (χ1v) is 4.67. The van der Waals surface area contributed by atoms with Crippen LogP contribution in [-0.4, -0.2) is 4.98 Å². The van der Waals surface area contributed by atoms with Crippen molar-refractivity contribution in [2.75, 3.05) is 0 Å². The molecule has 0 amide bonds. The predicted octanol–water partition coefficient (Wildman–Crippen LogP) is 3.35. The van der Waals surface area contributed by atoms with Gasteiger partial charge in [0.2, 0.25) is 0 Å². The second kappa shape index (κ2) is 3.98. The normalized spacial score (nSPS) is 9.93. The zero-order chi connectivity index (χ0) is 10.7. The Morgan fingerprint density at radius 1 is 1.40 bits per heavy atom. The Labute approximate surface area is 87.2 Å². The summed E-state index contributed by atoms with van der Waals surface area (Å²) in [5, 5.41) is 4.63. The molecule has 0 aliphatic heterocycles.